The van der Waals surface area contributed by atoms with E-state index >= 15 is 0 Å². The molecule has 0 aliphatic carbocycles. The second kappa shape index (κ2) is 8.33. The highest BCUT2D eigenvalue weighted by atomic mass is 32.2. The van der Waals surface area contributed by atoms with Crippen LogP contribution in [0.15, 0.2) is 65.6 Å². The predicted molar refractivity (Wildman–Crippen MR) is 95.7 cm³/mol. The molecule has 0 spiro atoms. The summed E-state index contributed by atoms with van der Waals surface area (Å²) < 4.78 is 35.6. The van der Waals surface area contributed by atoms with E-state index in [0.29, 0.717) is 13.0 Å². The minimum atomic E-state index is -3.94. The summed E-state index contributed by atoms with van der Waals surface area (Å²) in [4.78, 5) is 13.9. The van der Waals surface area contributed by atoms with Crippen LogP contribution in [-0.4, -0.2) is 32.2 Å². The number of piperidine rings is 1. The number of amides is 1. The van der Waals surface area contributed by atoms with E-state index in [-0.39, 0.29) is 11.5 Å². The molecule has 138 valence electrons. The summed E-state index contributed by atoms with van der Waals surface area (Å²) in [6.07, 6.45) is 0.606. The van der Waals surface area contributed by atoms with E-state index in [1.54, 1.807) is 18.2 Å². The van der Waals surface area contributed by atoms with E-state index < -0.39 is 22.4 Å². The summed E-state index contributed by atoms with van der Waals surface area (Å²) in [5.41, 5.74) is 0.868. The Hall–Kier alpha value is -2.38. The van der Waals surface area contributed by atoms with Gasteiger partial charge in [0.2, 0.25) is 0 Å². The van der Waals surface area contributed by atoms with E-state index in [9.17, 15) is 13.2 Å². The van der Waals surface area contributed by atoms with E-state index in [1.807, 2.05) is 30.3 Å². The van der Waals surface area contributed by atoms with Crippen LogP contribution in [-0.2, 0) is 25.6 Å². The minimum absolute atomic E-state index is 0.0724. The summed E-state index contributed by atoms with van der Waals surface area (Å²) in [7, 11) is -3.94. The summed E-state index contributed by atoms with van der Waals surface area (Å²) in [6.45, 7) is 0.539. The maximum Gasteiger partial charge on any atom is 0.412 e. The molecular formula is C19H21NO5S. The molecule has 1 atom stereocenters. The molecule has 26 heavy (non-hydrogen) atoms. The Morgan fingerprint density at radius 2 is 1.65 bits per heavy atom. The lowest BCUT2D eigenvalue weighted by molar-refractivity contribution is -0.00480. The average Bonchev–Trinajstić information content (AvgIpc) is 2.68. The molecule has 0 aromatic heterocycles. The highest BCUT2D eigenvalue weighted by Gasteiger charge is 2.33. The van der Waals surface area contributed by atoms with Crippen LogP contribution in [0.25, 0.3) is 0 Å². The van der Waals surface area contributed by atoms with Crippen molar-refractivity contribution in [2.45, 2.75) is 37.0 Å². The van der Waals surface area contributed by atoms with Crippen LogP contribution < -0.4 is 0 Å². The van der Waals surface area contributed by atoms with Crippen molar-refractivity contribution in [3.63, 3.8) is 0 Å². The molecular weight excluding hydrogens is 354 g/mol. The molecule has 1 amide bonds. The third kappa shape index (κ3) is 4.62. The Labute approximate surface area is 153 Å². The number of rotatable bonds is 5. The van der Waals surface area contributed by atoms with Gasteiger partial charge in [0.05, 0.1) is 4.90 Å². The van der Waals surface area contributed by atoms with Gasteiger partial charge in [0, 0.05) is 6.54 Å². The van der Waals surface area contributed by atoms with Gasteiger partial charge in [-0.3, -0.25) is 4.90 Å². The lowest BCUT2D eigenvalue weighted by Gasteiger charge is -2.33. The Morgan fingerprint density at radius 3 is 2.35 bits per heavy atom. The first-order chi connectivity index (χ1) is 12.6. The number of likely N-dealkylation sites (tertiary alicyclic amines) is 1. The van der Waals surface area contributed by atoms with Gasteiger partial charge in [0.1, 0.15) is 6.61 Å². The zero-order chi connectivity index (χ0) is 18.4. The van der Waals surface area contributed by atoms with Gasteiger partial charge in [0.25, 0.3) is 10.1 Å². The molecule has 0 N–H and O–H groups in total. The minimum Gasteiger partial charge on any atom is -0.444 e. The third-order valence-corrected chi connectivity index (χ3v) is 5.48. The number of hydrogen-bond acceptors (Lipinski definition) is 5. The number of benzene rings is 2. The number of ether oxygens (including phenoxy) is 1. The number of carbonyl (C=O) groups excluding carboxylic acids is 1. The molecule has 7 heteroatoms. The topological polar surface area (TPSA) is 72.9 Å². The van der Waals surface area contributed by atoms with Gasteiger partial charge in [-0.05, 0) is 37.0 Å². The molecule has 0 saturated carbocycles. The molecule has 1 heterocycles. The van der Waals surface area contributed by atoms with Gasteiger partial charge < -0.3 is 4.74 Å². The molecule has 2 aromatic carbocycles. The Kier molecular flexibility index (Phi) is 5.90. The normalized spacial score (nSPS) is 17.7. The highest BCUT2D eigenvalue weighted by Crippen LogP contribution is 2.24. The van der Waals surface area contributed by atoms with Crippen molar-refractivity contribution < 1.29 is 22.1 Å². The fourth-order valence-corrected chi connectivity index (χ4v) is 3.90. The van der Waals surface area contributed by atoms with Gasteiger partial charge in [-0.25, -0.2) is 8.98 Å². The lowest BCUT2D eigenvalue weighted by Crippen LogP contribution is -2.46. The Morgan fingerprint density at radius 1 is 1.00 bits per heavy atom. The monoisotopic (exact) mass is 375 g/mol. The van der Waals surface area contributed by atoms with E-state index in [0.717, 1.165) is 18.4 Å². The summed E-state index contributed by atoms with van der Waals surface area (Å²) in [5.74, 6) is 0. The predicted octanol–water partition coefficient (Wildman–Crippen LogP) is 3.54. The first-order valence-electron chi connectivity index (χ1n) is 8.52. The van der Waals surface area contributed by atoms with E-state index in [2.05, 4.69) is 0 Å². The van der Waals surface area contributed by atoms with Gasteiger partial charge in [0.15, 0.2) is 6.23 Å². The molecule has 3 rings (SSSR count). The molecule has 0 bridgehead atoms. The molecule has 1 aliphatic heterocycles. The standard InChI is InChI=1S/C19H21NO5S/c21-19(24-15-16-9-3-1-4-10-16)20-14-8-7-13-18(20)25-26(22,23)17-11-5-2-6-12-17/h1-6,9-12,18H,7-8,13-15H2. The van der Waals surface area contributed by atoms with Crippen LogP contribution in [0.3, 0.4) is 0 Å². The number of hydrogen-bond donors (Lipinski definition) is 0. The zero-order valence-corrected chi connectivity index (χ0v) is 15.1. The van der Waals surface area contributed by atoms with Crippen LogP contribution in [0.2, 0.25) is 0 Å². The van der Waals surface area contributed by atoms with Crippen LogP contribution >= 0.6 is 0 Å². The fourth-order valence-electron chi connectivity index (χ4n) is 2.80. The van der Waals surface area contributed by atoms with Crippen molar-refractivity contribution >= 4 is 16.2 Å². The van der Waals surface area contributed by atoms with Gasteiger partial charge in [-0.1, -0.05) is 48.5 Å². The molecule has 0 radical (unpaired) electrons. The van der Waals surface area contributed by atoms with Gasteiger partial charge >= 0.3 is 6.09 Å². The molecule has 1 unspecified atom stereocenters. The van der Waals surface area contributed by atoms with Crippen LogP contribution in [0.5, 0.6) is 0 Å². The zero-order valence-electron chi connectivity index (χ0n) is 14.3. The molecule has 6 nitrogen and oxygen atoms in total. The van der Waals surface area contributed by atoms with Crippen molar-refractivity contribution in [3.8, 4) is 0 Å². The molecule has 1 fully saturated rings. The lowest BCUT2D eigenvalue weighted by atomic mass is 10.1. The highest BCUT2D eigenvalue weighted by molar-refractivity contribution is 7.86. The molecule has 1 saturated heterocycles. The van der Waals surface area contributed by atoms with E-state index in [1.165, 1.54) is 17.0 Å². The van der Waals surface area contributed by atoms with Crippen LogP contribution in [0, 0.1) is 0 Å². The number of carbonyl (C=O) groups is 1. The third-order valence-electron chi connectivity index (χ3n) is 4.16. The smallest absolute Gasteiger partial charge is 0.412 e. The van der Waals surface area contributed by atoms with E-state index in [4.69, 9.17) is 8.92 Å². The summed E-state index contributed by atoms with van der Waals surface area (Å²) >= 11 is 0. The van der Waals surface area contributed by atoms with Crippen molar-refractivity contribution in [1.82, 2.24) is 4.90 Å². The summed E-state index contributed by atoms with van der Waals surface area (Å²) in [6, 6.07) is 17.2. The molecule has 1 aliphatic rings. The SMILES string of the molecule is O=C(OCc1ccccc1)N1CCCCC1OS(=O)(=O)c1ccccc1. The van der Waals surface area contributed by atoms with Crippen molar-refractivity contribution in [1.29, 1.82) is 0 Å². The maximum absolute atomic E-state index is 12.4. The summed E-state index contributed by atoms with van der Waals surface area (Å²) in [5, 5.41) is 0. The Balaban J connectivity index is 1.66. The molecule has 2 aromatic rings. The first kappa shape index (κ1) is 18.4. The largest absolute Gasteiger partial charge is 0.444 e. The maximum atomic E-state index is 12.4. The van der Waals surface area contributed by atoms with Gasteiger partial charge in [-0.15, -0.1) is 0 Å². The van der Waals surface area contributed by atoms with Crippen LogP contribution in [0.1, 0.15) is 24.8 Å². The fraction of sp³-hybridized carbons (Fsp3) is 0.316. The van der Waals surface area contributed by atoms with Crippen LogP contribution in [0.4, 0.5) is 4.79 Å². The quantitative estimate of drug-likeness (QED) is 0.748. The second-order valence-electron chi connectivity index (χ2n) is 6.05. The first-order valence-corrected chi connectivity index (χ1v) is 9.93. The number of nitrogens with zero attached hydrogens (tertiary/aromatic N) is 1. The Bertz CT molecular complexity index is 824. The van der Waals surface area contributed by atoms with Crippen molar-refractivity contribution in [3.05, 3.63) is 66.2 Å². The van der Waals surface area contributed by atoms with Crippen molar-refractivity contribution in [2.75, 3.05) is 6.54 Å². The van der Waals surface area contributed by atoms with Crippen molar-refractivity contribution in [2.24, 2.45) is 0 Å². The average molecular weight is 375 g/mol. The van der Waals surface area contributed by atoms with Gasteiger partial charge in [-0.2, -0.15) is 8.42 Å². The second-order valence-corrected chi connectivity index (χ2v) is 7.62.